The zero-order valence-corrected chi connectivity index (χ0v) is 29.7. The lowest BCUT2D eigenvalue weighted by atomic mass is 10.0. The van der Waals surface area contributed by atoms with E-state index in [-0.39, 0.29) is 23.6 Å². The van der Waals surface area contributed by atoms with Gasteiger partial charge in [-0.25, -0.2) is 18.0 Å². The van der Waals surface area contributed by atoms with Gasteiger partial charge in [0.2, 0.25) is 0 Å². The monoisotopic (exact) mass is 714 g/mol. The average molecular weight is 715 g/mol. The summed E-state index contributed by atoms with van der Waals surface area (Å²) in [5, 5.41) is 0. The summed E-state index contributed by atoms with van der Waals surface area (Å²) in [6.07, 6.45) is 1.28. The number of aromatic nitrogens is 2. The number of imidazole rings is 1. The van der Waals surface area contributed by atoms with Gasteiger partial charge in [0.25, 0.3) is 10.0 Å². The van der Waals surface area contributed by atoms with E-state index in [9.17, 15) is 18.0 Å². The number of hydrogen-bond acceptors (Lipinski definition) is 6. The molecule has 0 unspecified atom stereocenters. The van der Waals surface area contributed by atoms with Crippen LogP contribution >= 0.6 is 0 Å². The molecule has 1 aromatic heterocycles. The number of fused-ring (bicyclic) bond motifs is 1. The Morgan fingerprint density at radius 1 is 0.673 bits per heavy atom. The number of carbonyl (C=O) groups excluding carboxylic acids is 1. The molecule has 266 valence electrons. The molecule has 1 amide bonds. The molecule has 1 aliphatic heterocycles. The van der Waals surface area contributed by atoms with Crippen LogP contribution in [0.15, 0.2) is 155 Å². The van der Waals surface area contributed by atoms with Crippen LogP contribution in [0.3, 0.4) is 0 Å². The predicted octanol–water partition coefficient (Wildman–Crippen LogP) is 7.13. The summed E-state index contributed by atoms with van der Waals surface area (Å²) in [4.78, 5) is 31.7. The fraction of sp³-hybridized carbons (Fsp3) is 0.238. The van der Waals surface area contributed by atoms with Crippen LogP contribution in [-0.4, -0.2) is 58.6 Å². The van der Waals surface area contributed by atoms with E-state index in [1.807, 2.05) is 54.6 Å². The van der Waals surface area contributed by atoms with Gasteiger partial charge in [-0.2, -0.15) is 3.97 Å². The Bertz CT molecular complexity index is 2210. The summed E-state index contributed by atoms with van der Waals surface area (Å²) in [5.74, 6) is 0. The van der Waals surface area contributed by atoms with Crippen LogP contribution in [0.2, 0.25) is 0 Å². The normalized spacial score (nSPS) is 14.4. The van der Waals surface area contributed by atoms with Gasteiger partial charge in [-0.15, -0.1) is 0 Å². The van der Waals surface area contributed by atoms with Crippen LogP contribution in [0, 0.1) is 0 Å². The van der Waals surface area contributed by atoms with Crippen LogP contribution in [0.25, 0.3) is 11.0 Å². The lowest BCUT2D eigenvalue weighted by Crippen LogP contribution is -2.44. The first-order valence-corrected chi connectivity index (χ1v) is 19.1. The second kappa shape index (κ2) is 15.8. The lowest BCUT2D eigenvalue weighted by Gasteiger charge is -2.34. The van der Waals surface area contributed by atoms with E-state index in [1.165, 1.54) is 23.3 Å². The minimum absolute atomic E-state index is 0.0502. The van der Waals surface area contributed by atoms with Crippen molar-refractivity contribution in [3.63, 3.8) is 0 Å². The lowest BCUT2D eigenvalue weighted by molar-refractivity contribution is 0.0518. The van der Waals surface area contributed by atoms with E-state index >= 15 is 0 Å². The van der Waals surface area contributed by atoms with Crippen molar-refractivity contribution in [2.24, 2.45) is 0 Å². The molecule has 6 aromatic rings. The molecule has 52 heavy (non-hydrogen) atoms. The molecule has 0 aliphatic carbocycles. The van der Waals surface area contributed by atoms with Crippen molar-refractivity contribution in [1.82, 2.24) is 18.3 Å². The van der Waals surface area contributed by atoms with E-state index in [1.54, 1.807) is 51.9 Å². The molecule has 5 aromatic carbocycles. The highest BCUT2D eigenvalue weighted by atomic mass is 32.2. The SMILES string of the molecule is O=C(OC[C@H](Cc1ccccc1)N(Cc1ccccc1)Cc1ccccc1)N1CCC(n2c(=O)n(S(=O)(=O)c3ccccc3)c3ccccc32)CC1. The number of likely N-dealkylation sites (tertiary alicyclic amines) is 1. The van der Waals surface area contributed by atoms with Crippen molar-refractivity contribution < 1.29 is 17.9 Å². The Morgan fingerprint density at radius 3 is 1.71 bits per heavy atom. The third kappa shape index (κ3) is 7.73. The van der Waals surface area contributed by atoms with Gasteiger partial charge in [0.05, 0.1) is 15.9 Å². The number of piperidine rings is 1. The Kier molecular flexibility index (Phi) is 10.7. The Labute approximate surface area is 304 Å². The maximum absolute atomic E-state index is 13.9. The van der Waals surface area contributed by atoms with E-state index < -0.39 is 21.8 Å². The zero-order valence-electron chi connectivity index (χ0n) is 28.9. The third-order valence-corrected chi connectivity index (χ3v) is 11.5. The average Bonchev–Trinajstić information content (AvgIpc) is 3.50. The van der Waals surface area contributed by atoms with Crippen LogP contribution in [-0.2, 0) is 34.3 Å². The smallest absolute Gasteiger partial charge is 0.409 e. The molecule has 0 bridgehead atoms. The molecule has 10 heteroatoms. The van der Waals surface area contributed by atoms with Crippen molar-refractivity contribution >= 4 is 27.1 Å². The van der Waals surface area contributed by atoms with Crippen LogP contribution in [0.1, 0.15) is 35.6 Å². The molecule has 9 nitrogen and oxygen atoms in total. The van der Waals surface area contributed by atoms with Gasteiger partial charge in [-0.3, -0.25) is 9.47 Å². The number of para-hydroxylation sites is 2. The summed E-state index contributed by atoms with van der Waals surface area (Å²) in [7, 11) is -4.13. The summed E-state index contributed by atoms with van der Waals surface area (Å²) >= 11 is 0. The molecule has 1 fully saturated rings. The molecule has 2 heterocycles. The van der Waals surface area contributed by atoms with E-state index in [2.05, 4.69) is 41.3 Å². The number of amides is 1. The van der Waals surface area contributed by atoms with Gasteiger partial charge >= 0.3 is 11.8 Å². The van der Waals surface area contributed by atoms with Gasteiger partial charge in [-0.05, 0) is 60.2 Å². The molecule has 1 saturated heterocycles. The van der Waals surface area contributed by atoms with Crippen LogP contribution in [0.4, 0.5) is 4.79 Å². The van der Waals surface area contributed by atoms with E-state index in [0.29, 0.717) is 56.5 Å². The number of rotatable bonds is 12. The van der Waals surface area contributed by atoms with Gasteiger partial charge in [-0.1, -0.05) is 121 Å². The number of nitrogens with zero attached hydrogens (tertiary/aromatic N) is 4. The minimum atomic E-state index is -4.13. The van der Waals surface area contributed by atoms with Gasteiger partial charge in [0.15, 0.2) is 0 Å². The minimum Gasteiger partial charge on any atom is -0.448 e. The summed E-state index contributed by atoms with van der Waals surface area (Å²) in [6.45, 7) is 2.35. The Balaban J connectivity index is 1.08. The first-order valence-electron chi connectivity index (χ1n) is 17.7. The second-order valence-electron chi connectivity index (χ2n) is 13.2. The van der Waals surface area contributed by atoms with Crippen molar-refractivity contribution in [1.29, 1.82) is 0 Å². The summed E-state index contributed by atoms with van der Waals surface area (Å²) in [5.41, 5.74) is 3.80. The molecular weight excluding hydrogens is 673 g/mol. The van der Waals surface area contributed by atoms with Crippen LogP contribution in [0.5, 0.6) is 0 Å². The van der Waals surface area contributed by atoms with Crippen molar-refractivity contribution in [3.05, 3.63) is 173 Å². The number of hydrogen-bond donors (Lipinski definition) is 0. The molecule has 1 aliphatic rings. The molecular formula is C42H42N4O5S. The topological polar surface area (TPSA) is 93.8 Å². The highest BCUT2D eigenvalue weighted by molar-refractivity contribution is 7.90. The zero-order chi connectivity index (χ0) is 35.9. The summed E-state index contributed by atoms with van der Waals surface area (Å²) < 4.78 is 35.9. The molecule has 0 N–H and O–H groups in total. The predicted molar refractivity (Wildman–Crippen MR) is 202 cm³/mol. The van der Waals surface area contributed by atoms with Gasteiger partial charge in [0.1, 0.15) is 6.61 Å². The van der Waals surface area contributed by atoms with Crippen molar-refractivity contribution in [3.8, 4) is 0 Å². The number of benzene rings is 5. The van der Waals surface area contributed by atoms with Gasteiger partial charge in [0, 0.05) is 38.3 Å². The molecule has 1 atom stereocenters. The standard InChI is InChI=1S/C42H42N4O5S/c47-41-45(39-23-13-14-24-40(39)46(41)52(49,50)38-21-11-4-12-22-38)36-25-27-43(28-26-36)42(48)51-32-37(29-33-15-5-1-6-16-33)44(30-34-17-7-2-8-18-34)31-35-19-9-3-10-20-35/h1-24,36-37H,25-32H2/t37-/m0/s1. The molecule has 0 saturated carbocycles. The maximum Gasteiger partial charge on any atom is 0.409 e. The fourth-order valence-corrected chi connectivity index (χ4v) is 8.54. The Morgan fingerprint density at radius 2 is 1.15 bits per heavy atom. The highest BCUT2D eigenvalue weighted by Crippen LogP contribution is 2.28. The second-order valence-corrected chi connectivity index (χ2v) is 15.0. The van der Waals surface area contributed by atoms with Crippen molar-refractivity contribution in [2.45, 2.75) is 49.3 Å². The first kappa shape index (κ1) is 35.0. The summed E-state index contributed by atoms with van der Waals surface area (Å²) in [6, 6.07) is 45.5. The van der Waals surface area contributed by atoms with Gasteiger partial charge < -0.3 is 9.64 Å². The number of ether oxygens (including phenoxy) is 1. The first-order chi connectivity index (χ1) is 25.4. The molecule has 7 rings (SSSR count). The Hall–Kier alpha value is -5.45. The fourth-order valence-electron chi connectivity index (χ4n) is 7.12. The van der Waals surface area contributed by atoms with Crippen LogP contribution < -0.4 is 5.69 Å². The largest absolute Gasteiger partial charge is 0.448 e. The third-order valence-electron chi connectivity index (χ3n) is 9.80. The van der Waals surface area contributed by atoms with Crippen molar-refractivity contribution in [2.75, 3.05) is 19.7 Å². The maximum atomic E-state index is 13.9. The molecule has 0 radical (unpaired) electrons. The quantitative estimate of drug-likeness (QED) is 0.134. The van der Waals surface area contributed by atoms with E-state index in [4.69, 9.17) is 4.74 Å². The molecule has 0 spiro atoms. The number of carbonyl (C=O) groups is 1. The van der Waals surface area contributed by atoms with E-state index in [0.717, 1.165) is 9.54 Å². The highest BCUT2D eigenvalue weighted by Gasteiger charge is 2.32.